The first kappa shape index (κ1) is 14.4. The minimum Gasteiger partial charge on any atom is -0.337 e. The van der Waals surface area contributed by atoms with Crippen molar-refractivity contribution in [1.29, 1.82) is 0 Å². The number of imidazole rings is 1. The minimum atomic E-state index is 0.664. The van der Waals surface area contributed by atoms with E-state index in [9.17, 15) is 4.79 Å². The zero-order chi connectivity index (χ0) is 18.0. The van der Waals surface area contributed by atoms with Crippen LogP contribution >= 0.6 is 0 Å². The van der Waals surface area contributed by atoms with Gasteiger partial charge in [-0.05, 0) is 21.5 Å². The number of H-pyrrole nitrogens is 1. The number of aromatic nitrogens is 2. The molecule has 0 saturated heterocycles. The van der Waals surface area contributed by atoms with Gasteiger partial charge < -0.3 is 4.98 Å². The molecule has 3 nitrogen and oxygen atoms in total. The van der Waals surface area contributed by atoms with Gasteiger partial charge in [-0.2, -0.15) is 0 Å². The second-order valence-electron chi connectivity index (χ2n) is 6.92. The van der Waals surface area contributed by atoms with Crippen molar-refractivity contribution >= 4 is 49.6 Å². The van der Waals surface area contributed by atoms with Gasteiger partial charge in [0.25, 0.3) is 0 Å². The first-order chi connectivity index (χ1) is 13.3. The number of nitrogens with zero attached hydrogens (tertiary/aromatic N) is 1. The first-order valence-corrected chi connectivity index (χ1v) is 8.94. The summed E-state index contributed by atoms with van der Waals surface area (Å²) < 4.78 is 0. The molecule has 126 valence electrons. The van der Waals surface area contributed by atoms with E-state index in [2.05, 4.69) is 53.5 Å². The van der Waals surface area contributed by atoms with Gasteiger partial charge in [0.2, 0.25) is 0 Å². The molecule has 0 fully saturated rings. The maximum absolute atomic E-state index is 10.9. The van der Waals surface area contributed by atoms with E-state index < -0.39 is 0 Å². The smallest absolute Gasteiger partial charge is 0.150 e. The second-order valence-corrected chi connectivity index (χ2v) is 6.92. The molecule has 0 aliphatic carbocycles. The number of aldehydes is 1. The number of hydrogen-bond donors (Lipinski definition) is 1. The van der Waals surface area contributed by atoms with Gasteiger partial charge in [0.15, 0.2) is 0 Å². The monoisotopic (exact) mass is 346 g/mol. The van der Waals surface area contributed by atoms with E-state index in [1.165, 1.54) is 32.3 Å². The van der Waals surface area contributed by atoms with Crippen molar-refractivity contribution in [3.05, 3.63) is 78.4 Å². The van der Waals surface area contributed by atoms with Crippen LogP contribution < -0.4 is 0 Å². The molecule has 6 aromatic rings. The molecule has 0 unspecified atom stereocenters. The first-order valence-electron chi connectivity index (χ1n) is 8.94. The second kappa shape index (κ2) is 5.15. The standard InChI is InChI=1S/C24H14N2O/c27-13-14-7-9-17(10-8-14)24-25-22-18-5-1-3-15-11-12-16-4-2-6-19(23(22)26-24)21(16)20(15)18/h1-13H,(H,25,26). The topological polar surface area (TPSA) is 45.8 Å². The Kier molecular flexibility index (Phi) is 2.75. The molecule has 6 rings (SSSR count). The van der Waals surface area contributed by atoms with E-state index in [0.29, 0.717) is 5.56 Å². The predicted molar refractivity (Wildman–Crippen MR) is 111 cm³/mol. The fourth-order valence-electron chi connectivity index (χ4n) is 4.18. The van der Waals surface area contributed by atoms with E-state index in [4.69, 9.17) is 4.98 Å². The number of carbonyl (C=O) groups excluding carboxylic acids is 1. The molecule has 3 heteroatoms. The van der Waals surface area contributed by atoms with E-state index in [0.717, 1.165) is 28.7 Å². The van der Waals surface area contributed by atoms with Crippen molar-refractivity contribution in [2.24, 2.45) is 0 Å². The number of benzene rings is 5. The highest BCUT2D eigenvalue weighted by atomic mass is 16.1. The molecule has 1 aromatic heterocycles. The molecule has 0 saturated carbocycles. The average molecular weight is 346 g/mol. The number of carbonyl (C=O) groups is 1. The molecule has 1 heterocycles. The Morgan fingerprint density at radius 2 is 1.41 bits per heavy atom. The molecule has 5 aromatic carbocycles. The van der Waals surface area contributed by atoms with Crippen LogP contribution in [0.1, 0.15) is 10.4 Å². The maximum atomic E-state index is 10.9. The third-order valence-electron chi connectivity index (χ3n) is 5.43. The molecule has 0 bridgehead atoms. The van der Waals surface area contributed by atoms with E-state index in [1.807, 2.05) is 24.3 Å². The van der Waals surface area contributed by atoms with Crippen LogP contribution in [-0.4, -0.2) is 16.3 Å². The summed E-state index contributed by atoms with van der Waals surface area (Å²) >= 11 is 0. The van der Waals surface area contributed by atoms with Gasteiger partial charge in [-0.3, -0.25) is 4.79 Å². The lowest BCUT2D eigenvalue weighted by molar-refractivity contribution is 0.112. The SMILES string of the molecule is O=Cc1ccc(-c2nc3c4cccc5ccc6cccc(c3[nH]2)c6c54)cc1. The highest BCUT2D eigenvalue weighted by Crippen LogP contribution is 2.40. The molecule has 0 aliphatic heterocycles. The molecule has 0 atom stereocenters. The van der Waals surface area contributed by atoms with Gasteiger partial charge >= 0.3 is 0 Å². The summed E-state index contributed by atoms with van der Waals surface area (Å²) in [5.74, 6) is 0.819. The summed E-state index contributed by atoms with van der Waals surface area (Å²) in [6.45, 7) is 0. The Morgan fingerprint density at radius 3 is 2.11 bits per heavy atom. The Labute approximate surface area is 154 Å². The van der Waals surface area contributed by atoms with Crippen LogP contribution in [0.25, 0.3) is 54.7 Å². The lowest BCUT2D eigenvalue weighted by atomic mass is 9.93. The maximum Gasteiger partial charge on any atom is 0.150 e. The minimum absolute atomic E-state index is 0.664. The number of aromatic amines is 1. The number of rotatable bonds is 2. The molecule has 0 amide bonds. The number of nitrogens with one attached hydrogen (secondary N) is 1. The van der Waals surface area contributed by atoms with E-state index >= 15 is 0 Å². The average Bonchev–Trinajstić information content (AvgIpc) is 3.18. The fourth-order valence-corrected chi connectivity index (χ4v) is 4.18. The largest absolute Gasteiger partial charge is 0.337 e. The van der Waals surface area contributed by atoms with Crippen molar-refractivity contribution < 1.29 is 4.79 Å². The van der Waals surface area contributed by atoms with E-state index in [-0.39, 0.29) is 0 Å². The Hall–Kier alpha value is -3.72. The molecule has 1 N–H and O–H groups in total. The van der Waals surface area contributed by atoms with Gasteiger partial charge in [-0.15, -0.1) is 0 Å². The van der Waals surface area contributed by atoms with Crippen LogP contribution in [0.3, 0.4) is 0 Å². The van der Waals surface area contributed by atoms with Crippen LogP contribution in [0.2, 0.25) is 0 Å². The molecular weight excluding hydrogens is 332 g/mol. The summed E-state index contributed by atoms with van der Waals surface area (Å²) in [4.78, 5) is 19.4. The van der Waals surface area contributed by atoms with Crippen LogP contribution in [-0.2, 0) is 0 Å². The summed E-state index contributed by atoms with van der Waals surface area (Å²) in [6, 6.07) is 24.7. The zero-order valence-corrected chi connectivity index (χ0v) is 14.4. The Balaban J connectivity index is 1.78. The zero-order valence-electron chi connectivity index (χ0n) is 14.4. The highest BCUT2D eigenvalue weighted by Gasteiger charge is 2.16. The van der Waals surface area contributed by atoms with Crippen molar-refractivity contribution in [3.63, 3.8) is 0 Å². The van der Waals surface area contributed by atoms with Gasteiger partial charge in [-0.1, -0.05) is 72.8 Å². The number of fused-ring (bicyclic) bond motifs is 3. The van der Waals surface area contributed by atoms with Crippen molar-refractivity contribution in [3.8, 4) is 11.4 Å². The third-order valence-corrected chi connectivity index (χ3v) is 5.43. The highest BCUT2D eigenvalue weighted by molar-refractivity contribution is 6.32. The third kappa shape index (κ3) is 1.91. The van der Waals surface area contributed by atoms with Crippen LogP contribution in [0.15, 0.2) is 72.8 Å². The van der Waals surface area contributed by atoms with Crippen LogP contribution in [0, 0.1) is 0 Å². The van der Waals surface area contributed by atoms with E-state index in [1.54, 1.807) is 0 Å². The lowest BCUT2D eigenvalue weighted by Gasteiger charge is -2.11. The summed E-state index contributed by atoms with van der Waals surface area (Å²) in [7, 11) is 0. The van der Waals surface area contributed by atoms with Gasteiger partial charge in [-0.25, -0.2) is 4.98 Å². The molecular formula is C24H14N2O. The lowest BCUT2D eigenvalue weighted by Crippen LogP contribution is -1.85. The Bertz CT molecular complexity index is 1390. The van der Waals surface area contributed by atoms with Crippen molar-refractivity contribution in [2.45, 2.75) is 0 Å². The fraction of sp³-hybridized carbons (Fsp3) is 0. The van der Waals surface area contributed by atoms with Gasteiger partial charge in [0.1, 0.15) is 12.1 Å². The van der Waals surface area contributed by atoms with Gasteiger partial charge in [0, 0.05) is 21.9 Å². The quantitative estimate of drug-likeness (QED) is 0.311. The van der Waals surface area contributed by atoms with Crippen LogP contribution in [0.5, 0.6) is 0 Å². The molecule has 0 radical (unpaired) electrons. The van der Waals surface area contributed by atoms with Crippen molar-refractivity contribution in [2.75, 3.05) is 0 Å². The molecule has 0 spiro atoms. The summed E-state index contributed by atoms with van der Waals surface area (Å²) in [6.07, 6.45) is 0.856. The van der Waals surface area contributed by atoms with Crippen molar-refractivity contribution in [1.82, 2.24) is 9.97 Å². The predicted octanol–water partition coefficient (Wildman–Crippen LogP) is 5.94. The summed E-state index contributed by atoms with van der Waals surface area (Å²) in [5, 5.41) is 7.38. The summed E-state index contributed by atoms with van der Waals surface area (Å²) in [5.41, 5.74) is 3.68. The normalized spacial score (nSPS) is 11.9. The Morgan fingerprint density at radius 1 is 0.741 bits per heavy atom. The number of hydrogen-bond acceptors (Lipinski definition) is 2. The molecule has 0 aliphatic rings. The van der Waals surface area contributed by atoms with Crippen LogP contribution in [0.4, 0.5) is 0 Å². The molecule has 27 heavy (non-hydrogen) atoms. The van der Waals surface area contributed by atoms with Gasteiger partial charge in [0.05, 0.1) is 11.0 Å².